The third-order valence-electron chi connectivity index (χ3n) is 5.90. The first-order chi connectivity index (χ1) is 13.3. The first-order valence-electron chi connectivity index (χ1n) is 9.41. The number of piperazine rings is 1. The van der Waals surface area contributed by atoms with E-state index < -0.39 is 11.6 Å². The summed E-state index contributed by atoms with van der Waals surface area (Å²) in [5.41, 5.74) is 2.32. The van der Waals surface area contributed by atoms with Gasteiger partial charge in [0.05, 0.1) is 11.6 Å². The van der Waals surface area contributed by atoms with E-state index in [0.29, 0.717) is 12.0 Å². The zero-order valence-electron chi connectivity index (χ0n) is 16.7. The van der Waals surface area contributed by atoms with Gasteiger partial charge in [0.25, 0.3) is 0 Å². The average molecular weight is 375 g/mol. The summed E-state index contributed by atoms with van der Waals surface area (Å²) in [6, 6.07) is 16.7. The summed E-state index contributed by atoms with van der Waals surface area (Å²) in [4.78, 5) is 27.9. The second kappa shape index (κ2) is 7.47. The lowest BCUT2D eigenvalue weighted by Crippen LogP contribution is -2.70. The van der Waals surface area contributed by atoms with Crippen molar-refractivity contribution in [2.24, 2.45) is 0 Å². The number of amides is 2. The molecule has 144 valence electrons. The molecule has 3 unspecified atom stereocenters. The van der Waals surface area contributed by atoms with E-state index in [-0.39, 0.29) is 17.7 Å². The van der Waals surface area contributed by atoms with Crippen LogP contribution in [0.5, 0.6) is 0 Å². The Kier molecular flexibility index (Phi) is 5.24. The lowest BCUT2D eigenvalue weighted by molar-refractivity contribution is -0.154. The largest absolute Gasteiger partial charge is 0.342 e. The van der Waals surface area contributed by atoms with Gasteiger partial charge in [0, 0.05) is 19.4 Å². The predicted octanol–water partition coefficient (Wildman–Crippen LogP) is 2.93. The molecule has 0 spiro atoms. The summed E-state index contributed by atoms with van der Waals surface area (Å²) in [7, 11) is 1.69. The van der Waals surface area contributed by atoms with Crippen molar-refractivity contribution in [3.8, 4) is 6.07 Å². The second-order valence-electron chi connectivity index (χ2n) is 7.72. The molecular weight excluding hydrogens is 350 g/mol. The Labute approximate surface area is 166 Å². The van der Waals surface area contributed by atoms with Gasteiger partial charge in [0.2, 0.25) is 11.8 Å². The maximum Gasteiger partial charge on any atom is 0.246 e. The van der Waals surface area contributed by atoms with Crippen LogP contribution in [-0.2, 0) is 16.0 Å². The van der Waals surface area contributed by atoms with Crippen LogP contribution in [0.25, 0.3) is 0 Å². The van der Waals surface area contributed by atoms with Crippen molar-refractivity contribution in [1.29, 1.82) is 5.26 Å². The molecule has 0 saturated carbocycles. The Hall–Kier alpha value is -3.13. The average Bonchev–Trinajstić information content (AvgIpc) is 2.69. The zero-order chi connectivity index (χ0) is 20.5. The highest BCUT2D eigenvalue weighted by Gasteiger charge is 2.49. The lowest BCUT2D eigenvalue weighted by atomic mass is 9.81. The quantitative estimate of drug-likeness (QED) is 0.893. The van der Waals surface area contributed by atoms with Crippen LogP contribution >= 0.6 is 0 Å². The summed E-state index contributed by atoms with van der Waals surface area (Å²) in [5.74, 6) is -0.629. The van der Waals surface area contributed by atoms with Gasteiger partial charge in [-0.05, 0) is 36.6 Å². The highest BCUT2D eigenvalue weighted by atomic mass is 16.2. The van der Waals surface area contributed by atoms with Crippen LogP contribution in [0.1, 0.15) is 42.0 Å². The normalized spacial score (nSPS) is 23.1. The molecule has 3 rings (SSSR count). The summed E-state index contributed by atoms with van der Waals surface area (Å²) in [6.45, 7) is 5.60. The third kappa shape index (κ3) is 3.27. The summed E-state index contributed by atoms with van der Waals surface area (Å²) >= 11 is 0. The molecule has 0 aliphatic carbocycles. The Bertz CT molecular complexity index is 948. The first-order valence-corrected chi connectivity index (χ1v) is 9.41. The van der Waals surface area contributed by atoms with Crippen molar-refractivity contribution < 1.29 is 9.59 Å². The maximum absolute atomic E-state index is 13.2. The van der Waals surface area contributed by atoms with Gasteiger partial charge >= 0.3 is 0 Å². The van der Waals surface area contributed by atoms with E-state index in [2.05, 4.69) is 11.4 Å². The van der Waals surface area contributed by atoms with E-state index >= 15 is 0 Å². The molecular formula is C23H25N3O2. The van der Waals surface area contributed by atoms with Gasteiger partial charge in [-0.2, -0.15) is 5.26 Å². The summed E-state index contributed by atoms with van der Waals surface area (Å²) in [5, 5.41) is 12.4. The predicted molar refractivity (Wildman–Crippen MR) is 108 cm³/mol. The molecule has 1 N–H and O–H groups in total. The van der Waals surface area contributed by atoms with Gasteiger partial charge in [-0.15, -0.1) is 0 Å². The molecule has 28 heavy (non-hydrogen) atoms. The lowest BCUT2D eigenvalue weighted by Gasteiger charge is -2.46. The molecule has 5 nitrogen and oxygen atoms in total. The van der Waals surface area contributed by atoms with E-state index in [1.807, 2.05) is 56.3 Å². The van der Waals surface area contributed by atoms with Crippen molar-refractivity contribution in [3.63, 3.8) is 0 Å². The molecule has 2 amide bonds. The van der Waals surface area contributed by atoms with E-state index in [9.17, 15) is 14.9 Å². The van der Waals surface area contributed by atoms with E-state index in [0.717, 1.165) is 16.7 Å². The highest BCUT2D eigenvalue weighted by Crippen LogP contribution is 2.32. The van der Waals surface area contributed by atoms with Crippen LogP contribution in [0, 0.1) is 18.3 Å². The van der Waals surface area contributed by atoms with E-state index in [4.69, 9.17) is 0 Å². The van der Waals surface area contributed by atoms with Gasteiger partial charge in [0.15, 0.2) is 0 Å². The summed E-state index contributed by atoms with van der Waals surface area (Å²) < 4.78 is 0. The molecule has 5 heteroatoms. The van der Waals surface area contributed by atoms with Crippen molar-refractivity contribution >= 4 is 11.8 Å². The molecule has 1 fully saturated rings. The molecule has 3 atom stereocenters. The van der Waals surface area contributed by atoms with Crippen LogP contribution < -0.4 is 5.32 Å². The monoisotopic (exact) mass is 375 g/mol. The molecule has 0 aromatic heterocycles. The van der Waals surface area contributed by atoms with Crippen LogP contribution in [-0.4, -0.2) is 35.3 Å². The number of nitriles is 1. The minimum Gasteiger partial charge on any atom is -0.342 e. The Balaban J connectivity index is 1.91. The van der Waals surface area contributed by atoms with Gasteiger partial charge in [-0.1, -0.05) is 49.4 Å². The van der Waals surface area contributed by atoms with Crippen LogP contribution in [0.3, 0.4) is 0 Å². The Morgan fingerprint density at radius 1 is 1.18 bits per heavy atom. The minimum absolute atomic E-state index is 0.141. The van der Waals surface area contributed by atoms with Crippen LogP contribution in [0.4, 0.5) is 0 Å². The van der Waals surface area contributed by atoms with Crippen molar-refractivity contribution in [2.45, 2.75) is 44.7 Å². The van der Waals surface area contributed by atoms with Crippen molar-refractivity contribution in [3.05, 3.63) is 70.8 Å². The Morgan fingerprint density at radius 3 is 2.50 bits per heavy atom. The molecule has 0 bridgehead atoms. The number of aryl methyl sites for hydroxylation is 1. The molecule has 2 aromatic rings. The number of nitrogens with zero attached hydrogens (tertiary/aromatic N) is 2. The SMILES string of the molecule is Cc1cccc(C#N)c1C(C)C1NC(=O)C(C)(Cc2ccccc2)N(C)C1=O. The number of likely N-dealkylation sites (N-methyl/N-ethyl adjacent to an activating group) is 1. The first kappa shape index (κ1) is 19.6. The van der Waals surface area contributed by atoms with Gasteiger partial charge in [-0.3, -0.25) is 9.59 Å². The fourth-order valence-electron chi connectivity index (χ4n) is 4.04. The number of benzene rings is 2. The van der Waals surface area contributed by atoms with Crippen molar-refractivity contribution in [2.75, 3.05) is 7.05 Å². The number of hydrogen-bond donors (Lipinski definition) is 1. The highest BCUT2D eigenvalue weighted by molar-refractivity contribution is 6.00. The molecule has 1 aliphatic rings. The van der Waals surface area contributed by atoms with E-state index in [1.165, 1.54) is 0 Å². The zero-order valence-corrected chi connectivity index (χ0v) is 16.7. The molecule has 1 heterocycles. The molecule has 1 aliphatic heterocycles. The van der Waals surface area contributed by atoms with E-state index in [1.54, 1.807) is 24.9 Å². The fourth-order valence-corrected chi connectivity index (χ4v) is 4.04. The van der Waals surface area contributed by atoms with Gasteiger partial charge < -0.3 is 10.2 Å². The number of nitrogens with one attached hydrogen (secondary N) is 1. The second-order valence-corrected chi connectivity index (χ2v) is 7.72. The standard InChI is InChI=1S/C23H25N3O2/c1-15-9-8-12-18(14-24)19(15)16(2)20-21(27)26(4)23(3,22(28)25-20)13-17-10-6-5-7-11-17/h5-12,16,20H,13H2,1-4H3,(H,25,28). The number of carbonyl (C=O) groups excluding carboxylic acids is 2. The van der Waals surface area contributed by atoms with Crippen LogP contribution in [0.2, 0.25) is 0 Å². The van der Waals surface area contributed by atoms with Crippen molar-refractivity contribution in [1.82, 2.24) is 10.2 Å². The number of carbonyl (C=O) groups is 2. The molecule has 0 radical (unpaired) electrons. The van der Waals surface area contributed by atoms with Gasteiger partial charge in [-0.25, -0.2) is 0 Å². The molecule has 2 aromatic carbocycles. The number of hydrogen-bond acceptors (Lipinski definition) is 3. The molecule has 1 saturated heterocycles. The fraction of sp³-hybridized carbons (Fsp3) is 0.348. The smallest absolute Gasteiger partial charge is 0.246 e. The topological polar surface area (TPSA) is 73.2 Å². The number of rotatable bonds is 4. The Morgan fingerprint density at radius 2 is 1.86 bits per heavy atom. The third-order valence-corrected chi connectivity index (χ3v) is 5.90. The summed E-state index contributed by atoms with van der Waals surface area (Å²) in [6.07, 6.45) is 0.441. The minimum atomic E-state index is -0.960. The van der Waals surface area contributed by atoms with Crippen LogP contribution in [0.15, 0.2) is 48.5 Å². The van der Waals surface area contributed by atoms with Gasteiger partial charge in [0.1, 0.15) is 11.6 Å². The maximum atomic E-state index is 13.2.